The Labute approximate surface area is 126 Å². The molecule has 4 rings (SSSR count). The molecule has 21 heavy (non-hydrogen) atoms. The van der Waals surface area contributed by atoms with Gasteiger partial charge in [-0.25, -0.2) is 0 Å². The summed E-state index contributed by atoms with van der Waals surface area (Å²) in [7, 11) is 0. The predicted octanol–water partition coefficient (Wildman–Crippen LogP) is 2.29. The van der Waals surface area contributed by atoms with Crippen molar-refractivity contribution in [1.82, 2.24) is 10.2 Å². The standard InChI is InChI=1S/C18H24N2O/c21-18-17(19-15-8-9-15)6-3-11-20(18)16-10-7-13-4-1-2-5-14(13)12-16/h1-2,4-5,15-17,19H,3,6-12H2. The van der Waals surface area contributed by atoms with Gasteiger partial charge in [-0.15, -0.1) is 0 Å². The third-order valence-corrected chi connectivity index (χ3v) is 5.25. The van der Waals surface area contributed by atoms with Gasteiger partial charge in [0.1, 0.15) is 0 Å². The minimum atomic E-state index is 0.0865. The van der Waals surface area contributed by atoms with Gasteiger partial charge in [0.15, 0.2) is 0 Å². The van der Waals surface area contributed by atoms with E-state index in [1.165, 1.54) is 24.0 Å². The fourth-order valence-electron chi connectivity index (χ4n) is 3.90. The van der Waals surface area contributed by atoms with E-state index in [0.717, 1.165) is 38.6 Å². The third kappa shape index (κ3) is 2.71. The molecular weight excluding hydrogens is 260 g/mol. The van der Waals surface area contributed by atoms with E-state index in [9.17, 15) is 4.79 Å². The lowest BCUT2D eigenvalue weighted by Crippen LogP contribution is -2.55. The van der Waals surface area contributed by atoms with E-state index >= 15 is 0 Å². The molecule has 1 aliphatic heterocycles. The molecule has 2 atom stereocenters. The lowest BCUT2D eigenvalue weighted by atomic mass is 9.86. The van der Waals surface area contributed by atoms with Crippen molar-refractivity contribution in [3.63, 3.8) is 0 Å². The van der Waals surface area contributed by atoms with E-state index in [1.54, 1.807) is 0 Å². The first-order chi connectivity index (χ1) is 10.3. The Kier molecular flexibility index (Phi) is 3.46. The maximum Gasteiger partial charge on any atom is 0.239 e. The van der Waals surface area contributed by atoms with E-state index in [4.69, 9.17) is 0 Å². The number of aryl methyl sites for hydroxylation is 1. The van der Waals surface area contributed by atoms with Crippen LogP contribution >= 0.6 is 0 Å². The molecule has 1 N–H and O–H groups in total. The van der Waals surface area contributed by atoms with E-state index in [2.05, 4.69) is 34.5 Å². The largest absolute Gasteiger partial charge is 0.338 e. The van der Waals surface area contributed by atoms with Crippen LogP contribution in [0.25, 0.3) is 0 Å². The lowest BCUT2D eigenvalue weighted by molar-refractivity contribution is -0.138. The zero-order chi connectivity index (χ0) is 14.2. The van der Waals surface area contributed by atoms with Crippen molar-refractivity contribution >= 4 is 5.91 Å². The summed E-state index contributed by atoms with van der Waals surface area (Å²) in [4.78, 5) is 14.9. The first-order valence-electron chi connectivity index (χ1n) is 8.44. The van der Waals surface area contributed by atoms with Crippen molar-refractivity contribution < 1.29 is 4.79 Å². The zero-order valence-corrected chi connectivity index (χ0v) is 12.6. The molecule has 1 aromatic carbocycles. The Morgan fingerprint density at radius 2 is 1.86 bits per heavy atom. The molecule has 1 saturated carbocycles. The first-order valence-corrected chi connectivity index (χ1v) is 8.44. The van der Waals surface area contributed by atoms with Gasteiger partial charge in [0.2, 0.25) is 5.91 Å². The molecule has 3 heteroatoms. The van der Waals surface area contributed by atoms with Crippen molar-refractivity contribution in [3.8, 4) is 0 Å². The summed E-state index contributed by atoms with van der Waals surface area (Å²) in [6, 6.07) is 9.83. The lowest BCUT2D eigenvalue weighted by Gasteiger charge is -2.40. The quantitative estimate of drug-likeness (QED) is 0.923. The minimum Gasteiger partial charge on any atom is -0.338 e. The number of carbonyl (C=O) groups is 1. The number of likely N-dealkylation sites (tertiary alicyclic amines) is 1. The second-order valence-corrected chi connectivity index (χ2v) is 6.83. The highest BCUT2D eigenvalue weighted by Crippen LogP contribution is 2.28. The molecule has 1 amide bonds. The molecule has 0 spiro atoms. The summed E-state index contributed by atoms with van der Waals surface area (Å²) in [6.07, 6.45) is 7.95. The van der Waals surface area contributed by atoms with Crippen LogP contribution in [0.1, 0.15) is 43.2 Å². The van der Waals surface area contributed by atoms with E-state index in [0.29, 0.717) is 18.0 Å². The van der Waals surface area contributed by atoms with Crippen LogP contribution in [0, 0.1) is 0 Å². The van der Waals surface area contributed by atoms with Crippen molar-refractivity contribution in [2.24, 2.45) is 0 Å². The SMILES string of the molecule is O=C1C(NC2CC2)CCCN1C1CCc2ccccc2C1. The molecule has 0 aromatic heterocycles. The van der Waals surface area contributed by atoms with Gasteiger partial charge in [0, 0.05) is 18.6 Å². The Hall–Kier alpha value is -1.35. The third-order valence-electron chi connectivity index (χ3n) is 5.25. The number of benzene rings is 1. The van der Waals surface area contributed by atoms with Gasteiger partial charge in [-0.2, -0.15) is 0 Å². The number of nitrogens with zero attached hydrogens (tertiary/aromatic N) is 1. The van der Waals surface area contributed by atoms with Crippen LogP contribution in [0.2, 0.25) is 0 Å². The maximum atomic E-state index is 12.8. The predicted molar refractivity (Wildman–Crippen MR) is 83.1 cm³/mol. The molecule has 3 nitrogen and oxygen atoms in total. The molecule has 2 aliphatic carbocycles. The normalized spacial score (nSPS) is 29.3. The van der Waals surface area contributed by atoms with Crippen molar-refractivity contribution in [3.05, 3.63) is 35.4 Å². The van der Waals surface area contributed by atoms with Crippen LogP contribution in [-0.2, 0) is 17.6 Å². The minimum absolute atomic E-state index is 0.0865. The number of fused-ring (bicyclic) bond motifs is 1. The van der Waals surface area contributed by atoms with Gasteiger partial charge in [-0.05, 0) is 56.1 Å². The summed E-state index contributed by atoms with van der Waals surface area (Å²) in [5.41, 5.74) is 2.92. The number of hydrogen-bond donors (Lipinski definition) is 1. The second-order valence-electron chi connectivity index (χ2n) is 6.83. The molecule has 0 radical (unpaired) electrons. The van der Waals surface area contributed by atoms with E-state index < -0.39 is 0 Å². The highest BCUT2D eigenvalue weighted by molar-refractivity contribution is 5.83. The molecule has 1 aromatic rings. The molecule has 1 saturated heterocycles. The van der Waals surface area contributed by atoms with Crippen LogP contribution in [0.4, 0.5) is 0 Å². The summed E-state index contributed by atoms with van der Waals surface area (Å²) in [5, 5.41) is 3.54. The van der Waals surface area contributed by atoms with Gasteiger partial charge in [0.05, 0.1) is 6.04 Å². The van der Waals surface area contributed by atoms with Crippen molar-refractivity contribution in [2.45, 2.75) is 63.1 Å². The molecular formula is C18H24N2O. The Balaban J connectivity index is 1.47. The summed E-state index contributed by atoms with van der Waals surface area (Å²) < 4.78 is 0. The zero-order valence-electron chi connectivity index (χ0n) is 12.6. The number of hydrogen-bond acceptors (Lipinski definition) is 2. The van der Waals surface area contributed by atoms with Gasteiger partial charge in [-0.3, -0.25) is 4.79 Å². The van der Waals surface area contributed by atoms with Gasteiger partial charge >= 0.3 is 0 Å². The second kappa shape index (κ2) is 5.45. The summed E-state index contributed by atoms with van der Waals surface area (Å²) >= 11 is 0. The fraction of sp³-hybridized carbons (Fsp3) is 0.611. The van der Waals surface area contributed by atoms with Gasteiger partial charge in [0.25, 0.3) is 0 Å². The molecule has 112 valence electrons. The number of carbonyl (C=O) groups excluding carboxylic acids is 1. The maximum absolute atomic E-state index is 12.8. The molecule has 0 bridgehead atoms. The molecule has 2 unspecified atom stereocenters. The van der Waals surface area contributed by atoms with Crippen LogP contribution in [0.15, 0.2) is 24.3 Å². The molecule has 1 heterocycles. The monoisotopic (exact) mass is 284 g/mol. The van der Waals surface area contributed by atoms with Gasteiger partial charge in [-0.1, -0.05) is 24.3 Å². The Morgan fingerprint density at radius 1 is 1.05 bits per heavy atom. The van der Waals surface area contributed by atoms with E-state index in [1.807, 2.05) is 0 Å². The van der Waals surface area contributed by atoms with E-state index in [-0.39, 0.29) is 6.04 Å². The van der Waals surface area contributed by atoms with Crippen LogP contribution < -0.4 is 5.32 Å². The van der Waals surface area contributed by atoms with Crippen molar-refractivity contribution in [2.75, 3.05) is 6.54 Å². The Bertz CT molecular complexity index is 538. The Morgan fingerprint density at radius 3 is 2.67 bits per heavy atom. The van der Waals surface area contributed by atoms with Crippen molar-refractivity contribution in [1.29, 1.82) is 0 Å². The van der Waals surface area contributed by atoms with Gasteiger partial charge < -0.3 is 10.2 Å². The average Bonchev–Trinajstić information content (AvgIpc) is 3.33. The molecule has 3 aliphatic rings. The number of amides is 1. The fourth-order valence-corrected chi connectivity index (χ4v) is 3.90. The topological polar surface area (TPSA) is 32.3 Å². The number of rotatable bonds is 3. The summed E-state index contributed by atoms with van der Waals surface area (Å²) in [6.45, 7) is 0.953. The van der Waals surface area contributed by atoms with Crippen LogP contribution in [0.3, 0.4) is 0 Å². The number of piperidine rings is 1. The summed E-state index contributed by atoms with van der Waals surface area (Å²) in [5.74, 6) is 0.359. The number of nitrogens with one attached hydrogen (secondary N) is 1. The molecule has 2 fully saturated rings. The first kappa shape index (κ1) is 13.3. The highest BCUT2D eigenvalue weighted by atomic mass is 16.2. The van der Waals surface area contributed by atoms with Crippen LogP contribution in [-0.4, -0.2) is 35.5 Å². The highest BCUT2D eigenvalue weighted by Gasteiger charge is 2.36. The average molecular weight is 284 g/mol. The smallest absolute Gasteiger partial charge is 0.239 e. The van der Waals surface area contributed by atoms with Crippen LogP contribution in [0.5, 0.6) is 0 Å².